The van der Waals surface area contributed by atoms with E-state index in [1.807, 2.05) is 36.4 Å². The molecule has 1 heterocycles. The predicted molar refractivity (Wildman–Crippen MR) is 148 cm³/mol. The molecule has 6 atom stereocenters. The van der Waals surface area contributed by atoms with Gasteiger partial charge in [-0.3, -0.25) is 9.59 Å². The van der Waals surface area contributed by atoms with Crippen molar-refractivity contribution < 1.29 is 44.3 Å². The van der Waals surface area contributed by atoms with E-state index >= 15 is 0 Å². The number of aliphatic hydroxyl groups excluding tert-OH is 3. The van der Waals surface area contributed by atoms with E-state index in [2.05, 4.69) is 10.6 Å². The summed E-state index contributed by atoms with van der Waals surface area (Å²) in [5.41, 5.74) is 0.886. The molecule has 218 valence electrons. The average molecular weight is 587 g/mol. The molecule has 0 saturated carbocycles. The second-order valence-corrected chi connectivity index (χ2v) is 10.3. The van der Waals surface area contributed by atoms with Crippen LogP contribution in [0.4, 0.5) is 0 Å². The van der Waals surface area contributed by atoms with E-state index in [0.717, 1.165) is 10.8 Å². The normalized spacial score (nSPS) is 23.9. The van der Waals surface area contributed by atoms with Gasteiger partial charge < -0.3 is 40.5 Å². The van der Waals surface area contributed by atoms with Crippen LogP contribution >= 0.6 is 11.6 Å². The molecule has 4 rings (SSSR count). The average Bonchev–Trinajstić information content (AvgIpc) is 2.95. The first kappa shape index (κ1) is 30.4. The van der Waals surface area contributed by atoms with Crippen molar-refractivity contribution in [3.05, 3.63) is 82.9 Å². The minimum absolute atomic E-state index is 0.211. The SMILES string of the molecule is CC(=O)N[C@H]1[C@H]([C@@H](O)[C@H](O)CNC(=O)c2ccc(Cl)cc2)O[C@@](OCc2ccc3ccccc3c2)(C(=O)O)C[C@@H]1O. The quantitative estimate of drug-likeness (QED) is 0.206. The van der Waals surface area contributed by atoms with Crippen LogP contribution in [0.1, 0.15) is 29.3 Å². The highest BCUT2D eigenvalue weighted by Crippen LogP contribution is 2.34. The van der Waals surface area contributed by atoms with Crippen molar-refractivity contribution in [2.45, 2.75) is 56.2 Å². The fraction of sp³-hybridized carbons (Fsp3) is 0.345. The van der Waals surface area contributed by atoms with Gasteiger partial charge in [0.15, 0.2) is 0 Å². The summed E-state index contributed by atoms with van der Waals surface area (Å²) < 4.78 is 11.5. The number of carboxylic acid groups (broad SMARTS) is 1. The third kappa shape index (κ3) is 7.20. The van der Waals surface area contributed by atoms with Crippen LogP contribution in [-0.2, 0) is 25.7 Å². The van der Waals surface area contributed by atoms with Gasteiger partial charge in [0, 0.05) is 30.5 Å². The number of hydrogen-bond donors (Lipinski definition) is 6. The Morgan fingerprint density at radius 2 is 1.76 bits per heavy atom. The first-order chi connectivity index (χ1) is 19.5. The van der Waals surface area contributed by atoms with E-state index in [9.17, 15) is 34.8 Å². The molecule has 0 bridgehead atoms. The van der Waals surface area contributed by atoms with Crippen molar-refractivity contribution in [3.8, 4) is 0 Å². The van der Waals surface area contributed by atoms with Crippen molar-refractivity contribution in [1.29, 1.82) is 0 Å². The molecule has 2 amide bonds. The van der Waals surface area contributed by atoms with E-state index in [0.29, 0.717) is 10.6 Å². The second kappa shape index (κ2) is 12.9. The van der Waals surface area contributed by atoms with Gasteiger partial charge in [0.1, 0.15) is 12.2 Å². The van der Waals surface area contributed by atoms with Gasteiger partial charge in [0.2, 0.25) is 5.91 Å². The van der Waals surface area contributed by atoms with Crippen LogP contribution in [0.25, 0.3) is 10.8 Å². The Labute approximate surface area is 240 Å². The fourth-order valence-electron chi connectivity index (χ4n) is 4.72. The zero-order valence-electron chi connectivity index (χ0n) is 22.1. The van der Waals surface area contributed by atoms with Gasteiger partial charge in [-0.25, -0.2) is 4.79 Å². The molecule has 1 saturated heterocycles. The van der Waals surface area contributed by atoms with Crippen molar-refractivity contribution >= 4 is 40.2 Å². The highest BCUT2D eigenvalue weighted by atomic mass is 35.5. The van der Waals surface area contributed by atoms with Gasteiger partial charge in [-0.15, -0.1) is 0 Å². The first-order valence-corrected chi connectivity index (χ1v) is 13.2. The van der Waals surface area contributed by atoms with Crippen LogP contribution in [-0.4, -0.2) is 81.0 Å². The minimum Gasteiger partial charge on any atom is -0.477 e. The van der Waals surface area contributed by atoms with Crippen molar-refractivity contribution in [2.75, 3.05) is 6.54 Å². The smallest absolute Gasteiger partial charge is 0.364 e. The zero-order chi connectivity index (χ0) is 29.7. The highest BCUT2D eigenvalue weighted by molar-refractivity contribution is 6.30. The third-order valence-electron chi connectivity index (χ3n) is 6.86. The number of aliphatic carboxylic acids is 1. The van der Waals surface area contributed by atoms with Crippen molar-refractivity contribution in [3.63, 3.8) is 0 Å². The van der Waals surface area contributed by atoms with Gasteiger partial charge in [-0.2, -0.15) is 0 Å². The lowest BCUT2D eigenvalue weighted by Gasteiger charge is -2.46. The van der Waals surface area contributed by atoms with Crippen LogP contribution in [0.5, 0.6) is 0 Å². The summed E-state index contributed by atoms with van der Waals surface area (Å²) >= 11 is 5.84. The Balaban J connectivity index is 1.52. The summed E-state index contributed by atoms with van der Waals surface area (Å²) in [7, 11) is 0. The Hall–Kier alpha value is -3.58. The fourth-order valence-corrected chi connectivity index (χ4v) is 4.84. The molecule has 0 unspecified atom stereocenters. The number of rotatable bonds is 10. The number of halogens is 1. The van der Waals surface area contributed by atoms with Crippen LogP contribution in [0.15, 0.2) is 66.7 Å². The molecule has 1 fully saturated rings. The summed E-state index contributed by atoms with van der Waals surface area (Å²) in [6.07, 6.45) is -7.26. The maximum absolute atomic E-state index is 12.5. The van der Waals surface area contributed by atoms with E-state index in [1.165, 1.54) is 31.2 Å². The molecule has 1 aliphatic heterocycles. The Bertz CT molecular complexity index is 1400. The maximum Gasteiger partial charge on any atom is 0.364 e. The number of hydrogen-bond acceptors (Lipinski definition) is 8. The number of fused-ring (bicyclic) bond motifs is 1. The highest BCUT2D eigenvalue weighted by Gasteiger charge is 2.55. The lowest BCUT2D eigenvalue weighted by atomic mass is 9.88. The van der Waals surface area contributed by atoms with Crippen LogP contribution in [0.2, 0.25) is 5.02 Å². The van der Waals surface area contributed by atoms with E-state index < -0.39 is 67.0 Å². The van der Waals surface area contributed by atoms with Crippen LogP contribution in [0.3, 0.4) is 0 Å². The number of benzene rings is 3. The molecule has 3 aromatic carbocycles. The lowest BCUT2D eigenvalue weighted by Crippen LogP contribution is -2.68. The largest absolute Gasteiger partial charge is 0.477 e. The van der Waals surface area contributed by atoms with Crippen molar-refractivity contribution in [1.82, 2.24) is 10.6 Å². The Morgan fingerprint density at radius 3 is 2.41 bits per heavy atom. The molecule has 6 N–H and O–H groups in total. The minimum atomic E-state index is -2.42. The number of aliphatic hydroxyl groups is 3. The second-order valence-electron chi connectivity index (χ2n) is 9.88. The number of ether oxygens (including phenoxy) is 2. The topological polar surface area (TPSA) is 175 Å². The van der Waals surface area contributed by atoms with Gasteiger partial charge in [0.05, 0.1) is 24.9 Å². The Kier molecular flexibility index (Phi) is 9.59. The molecule has 12 heteroatoms. The van der Waals surface area contributed by atoms with E-state index in [1.54, 1.807) is 6.07 Å². The summed E-state index contributed by atoms with van der Waals surface area (Å²) in [4.78, 5) is 36.8. The predicted octanol–water partition coefficient (Wildman–Crippen LogP) is 1.60. The number of amides is 2. The van der Waals surface area contributed by atoms with Gasteiger partial charge in [-0.1, -0.05) is 48.0 Å². The molecule has 0 spiro atoms. The molecule has 11 nitrogen and oxygen atoms in total. The number of carboxylic acids is 1. The molecule has 0 aromatic heterocycles. The summed E-state index contributed by atoms with van der Waals surface area (Å²) in [6.45, 7) is 0.509. The van der Waals surface area contributed by atoms with Gasteiger partial charge in [-0.05, 0) is 46.7 Å². The standard InChI is InChI=1S/C29H31ClN2O9/c1-16(33)32-24-22(34)13-29(28(38)39,40-15-17-6-7-18-4-2-3-5-20(18)12-17)41-26(24)25(36)23(35)14-31-27(37)19-8-10-21(30)11-9-19/h2-12,22-26,34-36H,13-15H2,1H3,(H,31,37)(H,32,33)(H,38,39)/t22-,23+,24+,25-,26+,29+/m0/s1. The monoisotopic (exact) mass is 586 g/mol. The molecular formula is C29H31ClN2O9. The summed E-state index contributed by atoms with van der Waals surface area (Å²) in [5, 5.41) is 50.0. The summed E-state index contributed by atoms with van der Waals surface area (Å²) in [6, 6.07) is 17.7. The van der Waals surface area contributed by atoms with Crippen LogP contribution in [0, 0.1) is 0 Å². The number of carbonyl (C=O) groups is 3. The molecule has 41 heavy (non-hydrogen) atoms. The molecule has 3 aromatic rings. The maximum atomic E-state index is 12.5. The Morgan fingerprint density at radius 1 is 1.07 bits per heavy atom. The zero-order valence-corrected chi connectivity index (χ0v) is 22.8. The molecular weight excluding hydrogens is 556 g/mol. The molecule has 1 aliphatic rings. The lowest BCUT2D eigenvalue weighted by molar-refractivity contribution is -0.314. The number of nitrogens with one attached hydrogen (secondary N) is 2. The number of carbonyl (C=O) groups excluding carboxylic acids is 2. The van der Waals surface area contributed by atoms with Gasteiger partial charge >= 0.3 is 5.97 Å². The summed E-state index contributed by atoms with van der Waals surface area (Å²) in [5.74, 6) is -5.13. The van der Waals surface area contributed by atoms with Crippen molar-refractivity contribution in [2.24, 2.45) is 0 Å². The first-order valence-electron chi connectivity index (χ1n) is 12.9. The van der Waals surface area contributed by atoms with E-state index in [4.69, 9.17) is 21.1 Å². The molecule has 0 aliphatic carbocycles. The van der Waals surface area contributed by atoms with E-state index in [-0.39, 0.29) is 12.2 Å². The van der Waals surface area contributed by atoms with Gasteiger partial charge in [0.25, 0.3) is 11.7 Å². The third-order valence-corrected chi connectivity index (χ3v) is 7.12. The van der Waals surface area contributed by atoms with Crippen LogP contribution < -0.4 is 10.6 Å². The molecule has 0 radical (unpaired) electrons.